The zero-order valence-electron chi connectivity index (χ0n) is 15.6. The fourth-order valence-corrected chi connectivity index (χ4v) is 3.68. The molecular formula is C22H25NO4. The maximum atomic E-state index is 12.8. The first kappa shape index (κ1) is 18.0. The summed E-state index contributed by atoms with van der Waals surface area (Å²) in [7, 11) is 1.68. The molecule has 1 unspecified atom stereocenters. The van der Waals surface area contributed by atoms with Gasteiger partial charge in [0.05, 0.1) is 19.3 Å². The number of fused-ring (bicyclic) bond motifs is 1. The summed E-state index contributed by atoms with van der Waals surface area (Å²) in [6, 6.07) is 14.2. The monoisotopic (exact) mass is 367 g/mol. The van der Waals surface area contributed by atoms with Crippen LogP contribution in [0.1, 0.15) is 22.3 Å². The SMILES string of the molecule is COCCC1CN(C(=O)c2ccc(-c3ccc4c(c3)CCO4)cc2)CCO1. The van der Waals surface area contributed by atoms with E-state index >= 15 is 0 Å². The van der Waals surface area contributed by atoms with Crippen LogP contribution in [0.25, 0.3) is 11.1 Å². The Balaban J connectivity index is 1.44. The minimum atomic E-state index is 0.0514. The normalized spacial score (nSPS) is 18.9. The molecule has 0 N–H and O–H groups in total. The average Bonchev–Trinajstić information content (AvgIpc) is 3.20. The van der Waals surface area contributed by atoms with Crippen LogP contribution < -0.4 is 4.74 Å². The molecule has 2 aliphatic heterocycles. The van der Waals surface area contributed by atoms with Gasteiger partial charge in [0.15, 0.2) is 0 Å². The highest BCUT2D eigenvalue weighted by atomic mass is 16.5. The number of nitrogens with zero attached hydrogens (tertiary/aromatic N) is 1. The van der Waals surface area contributed by atoms with Gasteiger partial charge in [0.2, 0.25) is 0 Å². The molecule has 5 heteroatoms. The molecule has 0 bridgehead atoms. The van der Waals surface area contributed by atoms with Gasteiger partial charge in [-0.05, 0) is 47.4 Å². The maximum Gasteiger partial charge on any atom is 0.254 e. The number of hydrogen-bond acceptors (Lipinski definition) is 4. The number of methoxy groups -OCH3 is 1. The lowest BCUT2D eigenvalue weighted by Crippen LogP contribution is -2.45. The second-order valence-electron chi connectivity index (χ2n) is 7.02. The third kappa shape index (κ3) is 3.99. The van der Waals surface area contributed by atoms with E-state index in [2.05, 4.69) is 12.1 Å². The van der Waals surface area contributed by atoms with Gasteiger partial charge in [-0.25, -0.2) is 0 Å². The summed E-state index contributed by atoms with van der Waals surface area (Å²) in [5.74, 6) is 1.05. The Morgan fingerprint density at radius 2 is 1.96 bits per heavy atom. The number of carbonyl (C=O) groups is 1. The van der Waals surface area contributed by atoms with E-state index in [0.717, 1.165) is 41.9 Å². The van der Waals surface area contributed by atoms with Gasteiger partial charge in [-0.3, -0.25) is 4.79 Å². The lowest BCUT2D eigenvalue weighted by Gasteiger charge is -2.33. The smallest absolute Gasteiger partial charge is 0.254 e. The van der Waals surface area contributed by atoms with Gasteiger partial charge in [0, 0.05) is 38.8 Å². The second kappa shape index (κ2) is 8.11. The minimum absolute atomic E-state index is 0.0514. The van der Waals surface area contributed by atoms with E-state index in [-0.39, 0.29) is 12.0 Å². The molecule has 1 saturated heterocycles. The van der Waals surface area contributed by atoms with E-state index in [0.29, 0.717) is 26.3 Å². The van der Waals surface area contributed by atoms with E-state index in [1.165, 1.54) is 5.56 Å². The third-order valence-corrected chi connectivity index (χ3v) is 5.22. The highest BCUT2D eigenvalue weighted by molar-refractivity contribution is 5.94. The molecule has 5 nitrogen and oxygen atoms in total. The van der Waals surface area contributed by atoms with E-state index in [4.69, 9.17) is 14.2 Å². The van der Waals surface area contributed by atoms with Crippen LogP contribution in [0.2, 0.25) is 0 Å². The van der Waals surface area contributed by atoms with E-state index in [1.54, 1.807) is 7.11 Å². The van der Waals surface area contributed by atoms with Crippen molar-refractivity contribution in [2.24, 2.45) is 0 Å². The topological polar surface area (TPSA) is 48.0 Å². The Morgan fingerprint density at radius 3 is 2.78 bits per heavy atom. The molecule has 2 aromatic rings. The Labute approximate surface area is 159 Å². The molecule has 1 fully saturated rings. The highest BCUT2D eigenvalue weighted by Crippen LogP contribution is 2.30. The predicted octanol–water partition coefficient (Wildman–Crippen LogP) is 3.17. The Hall–Kier alpha value is -2.37. The van der Waals surface area contributed by atoms with Crippen molar-refractivity contribution < 1.29 is 19.0 Å². The molecule has 0 spiro atoms. The number of amides is 1. The molecule has 0 aliphatic carbocycles. The van der Waals surface area contributed by atoms with Gasteiger partial charge >= 0.3 is 0 Å². The van der Waals surface area contributed by atoms with E-state index in [9.17, 15) is 4.79 Å². The zero-order valence-corrected chi connectivity index (χ0v) is 15.6. The fraction of sp³-hybridized carbons (Fsp3) is 0.409. The summed E-state index contributed by atoms with van der Waals surface area (Å²) in [4.78, 5) is 14.7. The van der Waals surface area contributed by atoms with Crippen molar-refractivity contribution in [2.45, 2.75) is 18.9 Å². The van der Waals surface area contributed by atoms with Crippen LogP contribution in [0.3, 0.4) is 0 Å². The van der Waals surface area contributed by atoms with Crippen LogP contribution in [0.15, 0.2) is 42.5 Å². The van der Waals surface area contributed by atoms with Crippen molar-refractivity contribution in [1.29, 1.82) is 0 Å². The van der Waals surface area contributed by atoms with Crippen molar-refractivity contribution in [2.75, 3.05) is 40.0 Å². The van der Waals surface area contributed by atoms with Crippen LogP contribution >= 0.6 is 0 Å². The summed E-state index contributed by atoms with van der Waals surface area (Å²) in [5.41, 5.74) is 4.24. The molecule has 0 aromatic heterocycles. The van der Waals surface area contributed by atoms with Crippen molar-refractivity contribution in [3.05, 3.63) is 53.6 Å². The molecule has 142 valence electrons. The first-order valence-electron chi connectivity index (χ1n) is 9.50. The van der Waals surface area contributed by atoms with Crippen molar-refractivity contribution in [1.82, 2.24) is 4.90 Å². The molecule has 0 radical (unpaired) electrons. The van der Waals surface area contributed by atoms with Crippen LogP contribution in [0, 0.1) is 0 Å². The number of hydrogen-bond donors (Lipinski definition) is 0. The minimum Gasteiger partial charge on any atom is -0.493 e. The molecule has 27 heavy (non-hydrogen) atoms. The molecule has 0 saturated carbocycles. The molecule has 4 rings (SSSR count). The van der Waals surface area contributed by atoms with Gasteiger partial charge in [0.25, 0.3) is 5.91 Å². The van der Waals surface area contributed by atoms with E-state index < -0.39 is 0 Å². The predicted molar refractivity (Wildman–Crippen MR) is 103 cm³/mol. The number of morpholine rings is 1. The third-order valence-electron chi connectivity index (χ3n) is 5.22. The van der Waals surface area contributed by atoms with Gasteiger partial charge in [-0.15, -0.1) is 0 Å². The summed E-state index contributed by atoms with van der Waals surface area (Å²) >= 11 is 0. The summed E-state index contributed by atoms with van der Waals surface area (Å²) in [6.07, 6.45) is 1.82. The van der Waals surface area contributed by atoms with Crippen LogP contribution in [-0.2, 0) is 15.9 Å². The number of benzene rings is 2. The number of rotatable bonds is 5. The van der Waals surface area contributed by atoms with Crippen LogP contribution in [0.5, 0.6) is 5.75 Å². The molecule has 2 aliphatic rings. The molecule has 1 atom stereocenters. The summed E-state index contributed by atoms with van der Waals surface area (Å²) in [5, 5.41) is 0. The lowest BCUT2D eigenvalue weighted by atomic mass is 10.0. The Kier molecular flexibility index (Phi) is 5.41. The first-order chi connectivity index (χ1) is 13.2. The van der Waals surface area contributed by atoms with Gasteiger partial charge in [-0.1, -0.05) is 18.2 Å². The van der Waals surface area contributed by atoms with Gasteiger partial charge in [-0.2, -0.15) is 0 Å². The first-order valence-corrected chi connectivity index (χ1v) is 9.50. The highest BCUT2D eigenvalue weighted by Gasteiger charge is 2.25. The number of carbonyl (C=O) groups excluding carboxylic acids is 1. The zero-order chi connectivity index (χ0) is 18.6. The van der Waals surface area contributed by atoms with Crippen molar-refractivity contribution >= 4 is 5.91 Å². The van der Waals surface area contributed by atoms with Crippen molar-refractivity contribution in [3.63, 3.8) is 0 Å². The molecular weight excluding hydrogens is 342 g/mol. The lowest BCUT2D eigenvalue weighted by molar-refractivity contribution is -0.0332. The van der Waals surface area contributed by atoms with Crippen LogP contribution in [0.4, 0.5) is 0 Å². The Morgan fingerprint density at radius 1 is 1.15 bits per heavy atom. The quantitative estimate of drug-likeness (QED) is 0.814. The van der Waals surface area contributed by atoms with E-state index in [1.807, 2.05) is 35.2 Å². The molecule has 1 amide bonds. The van der Waals surface area contributed by atoms with Crippen LogP contribution in [-0.4, -0.2) is 56.9 Å². The largest absolute Gasteiger partial charge is 0.493 e. The summed E-state index contributed by atoms with van der Waals surface area (Å²) < 4.78 is 16.4. The fourth-order valence-electron chi connectivity index (χ4n) is 3.68. The average molecular weight is 367 g/mol. The standard InChI is InChI=1S/C22H25NO4/c1-25-11-9-20-15-23(10-13-26-20)22(24)17-4-2-16(3-5-17)18-6-7-21-19(14-18)8-12-27-21/h2-7,14,20H,8-13,15H2,1H3. The molecule has 2 aromatic carbocycles. The second-order valence-corrected chi connectivity index (χ2v) is 7.02. The van der Waals surface area contributed by atoms with Crippen molar-refractivity contribution in [3.8, 4) is 16.9 Å². The Bertz CT molecular complexity index is 802. The summed E-state index contributed by atoms with van der Waals surface area (Å²) in [6.45, 7) is 3.24. The number of ether oxygens (including phenoxy) is 3. The maximum absolute atomic E-state index is 12.8. The molecule has 2 heterocycles. The van der Waals surface area contributed by atoms with Gasteiger partial charge < -0.3 is 19.1 Å². The van der Waals surface area contributed by atoms with Gasteiger partial charge in [0.1, 0.15) is 5.75 Å².